The van der Waals surface area contributed by atoms with Crippen molar-refractivity contribution in [2.45, 2.75) is 19.8 Å². The normalized spacial score (nSPS) is 13.6. The first-order valence-electron chi connectivity index (χ1n) is 9.19. The first-order valence-corrected chi connectivity index (χ1v) is 9.19. The first kappa shape index (κ1) is 19.4. The summed E-state index contributed by atoms with van der Waals surface area (Å²) in [6, 6.07) is 4.54. The van der Waals surface area contributed by atoms with E-state index < -0.39 is 9.85 Å². The number of nitro benzene ring substituents is 2. The van der Waals surface area contributed by atoms with Gasteiger partial charge in [0.2, 0.25) is 5.52 Å². The lowest BCUT2D eigenvalue weighted by atomic mass is 10.1. The number of aryl methyl sites for hydroxylation is 1. The average Bonchev–Trinajstić information content (AvgIpc) is 3.40. The molecule has 1 fully saturated rings. The average molecular weight is 414 g/mol. The van der Waals surface area contributed by atoms with Crippen LogP contribution in [0.5, 0.6) is 5.75 Å². The number of aromatic nitrogens is 2. The van der Waals surface area contributed by atoms with Crippen molar-refractivity contribution in [3.05, 3.63) is 44.0 Å². The van der Waals surface area contributed by atoms with Crippen LogP contribution in [0, 0.1) is 27.2 Å². The number of methoxy groups -OCH3 is 1. The Kier molecular flexibility index (Phi) is 4.82. The molecule has 1 saturated heterocycles. The van der Waals surface area contributed by atoms with E-state index in [2.05, 4.69) is 15.6 Å². The maximum absolute atomic E-state index is 11.8. The summed E-state index contributed by atoms with van der Waals surface area (Å²) in [6.07, 6.45) is 1.88. The summed E-state index contributed by atoms with van der Waals surface area (Å²) in [7, 11) is 1.35. The van der Waals surface area contributed by atoms with Gasteiger partial charge in [0.1, 0.15) is 5.69 Å². The fraction of sp³-hybridized carbons (Fsp3) is 0.333. The van der Waals surface area contributed by atoms with Crippen molar-refractivity contribution in [3.8, 4) is 5.75 Å². The Morgan fingerprint density at radius 3 is 2.40 bits per heavy atom. The summed E-state index contributed by atoms with van der Waals surface area (Å²) < 4.78 is 9.94. The van der Waals surface area contributed by atoms with E-state index in [0.29, 0.717) is 35.7 Å². The fourth-order valence-corrected chi connectivity index (χ4v) is 3.65. The van der Waals surface area contributed by atoms with Crippen molar-refractivity contribution < 1.29 is 19.2 Å². The molecule has 156 valence electrons. The van der Waals surface area contributed by atoms with Crippen LogP contribution < -0.4 is 15.0 Å². The number of ether oxygens (including phenoxy) is 1. The third-order valence-electron chi connectivity index (χ3n) is 5.11. The molecule has 0 amide bonds. The highest BCUT2D eigenvalue weighted by molar-refractivity contribution is 6.01. The molecule has 12 nitrogen and oxygen atoms in total. The lowest BCUT2D eigenvalue weighted by Gasteiger charge is -2.19. The van der Waals surface area contributed by atoms with E-state index in [1.165, 1.54) is 19.2 Å². The number of nitro groups is 2. The molecular formula is C18H18N6O6. The standard InChI is InChI=1S/C18H18N6O6/c1-10-7-13(23(25)26)15(29-2)9-11(10)19-12-8-14(22-5-3-4-6-22)18(24(27)28)17-16(12)20-30-21-17/h7-9,19H,3-6H2,1-2H3. The monoisotopic (exact) mass is 414 g/mol. The predicted molar refractivity (Wildman–Crippen MR) is 108 cm³/mol. The van der Waals surface area contributed by atoms with Crippen LogP contribution in [0.3, 0.4) is 0 Å². The summed E-state index contributed by atoms with van der Waals surface area (Å²) in [5.74, 6) is 0.0873. The molecule has 1 aliphatic heterocycles. The minimum Gasteiger partial charge on any atom is -0.490 e. The van der Waals surface area contributed by atoms with E-state index in [1.807, 2.05) is 4.90 Å². The molecule has 0 aliphatic carbocycles. The Labute approximate surface area is 169 Å². The summed E-state index contributed by atoms with van der Waals surface area (Å²) in [5.41, 5.74) is 1.91. The largest absolute Gasteiger partial charge is 0.490 e. The van der Waals surface area contributed by atoms with E-state index in [4.69, 9.17) is 9.37 Å². The molecule has 1 N–H and O–H groups in total. The molecule has 12 heteroatoms. The maximum atomic E-state index is 11.8. The van der Waals surface area contributed by atoms with Crippen molar-refractivity contribution in [3.63, 3.8) is 0 Å². The maximum Gasteiger partial charge on any atom is 0.323 e. The van der Waals surface area contributed by atoms with Gasteiger partial charge in [0, 0.05) is 30.9 Å². The van der Waals surface area contributed by atoms with Crippen LogP contribution >= 0.6 is 0 Å². The number of nitrogens with one attached hydrogen (secondary N) is 1. The van der Waals surface area contributed by atoms with E-state index in [-0.39, 0.29) is 28.2 Å². The topological polar surface area (TPSA) is 150 Å². The van der Waals surface area contributed by atoms with Gasteiger partial charge in [-0.2, -0.15) is 0 Å². The van der Waals surface area contributed by atoms with Crippen LogP contribution in [0.2, 0.25) is 0 Å². The summed E-state index contributed by atoms with van der Waals surface area (Å²) in [6.45, 7) is 3.10. The molecule has 0 radical (unpaired) electrons. The molecule has 0 bridgehead atoms. The Morgan fingerprint density at radius 1 is 1.07 bits per heavy atom. The first-order chi connectivity index (χ1) is 14.4. The quantitative estimate of drug-likeness (QED) is 0.467. The number of nitrogens with zero attached hydrogens (tertiary/aromatic N) is 5. The summed E-state index contributed by atoms with van der Waals surface area (Å²) >= 11 is 0. The van der Waals surface area contributed by atoms with Crippen molar-refractivity contribution in [2.75, 3.05) is 30.4 Å². The molecule has 4 rings (SSSR count). The summed E-state index contributed by atoms with van der Waals surface area (Å²) in [4.78, 5) is 23.9. The minimum absolute atomic E-state index is 0.0402. The van der Waals surface area contributed by atoms with Crippen molar-refractivity contribution >= 4 is 39.5 Å². The van der Waals surface area contributed by atoms with E-state index >= 15 is 0 Å². The van der Waals surface area contributed by atoms with E-state index in [0.717, 1.165) is 12.8 Å². The zero-order valence-corrected chi connectivity index (χ0v) is 16.2. The molecule has 0 spiro atoms. The van der Waals surface area contributed by atoms with Gasteiger partial charge in [-0.05, 0) is 41.7 Å². The van der Waals surface area contributed by atoms with Crippen molar-refractivity contribution in [1.82, 2.24) is 10.3 Å². The Hall–Kier alpha value is -3.96. The molecule has 0 atom stereocenters. The SMILES string of the molecule is COc1cc(Nc2cc(N3CCCC3)c([N+](=O)[O-])c3nonc23)c(C)cc1[N+](=O)[O-]. The predicted octanol–water partition coefficient (Wildman–Crippen LogP) is 3.70. The van der Waals surface area contributed by atoms with Crippen molar-refractivity contribution in [1.29, 1.82) is 0 Å². The van der Waals surface area contributed by atoms with Gasteiger partial charge in [-0.25, -0.2) is 4.63 Å². The second-order valence-electron chi connectivity index (χ2n) is 6.93. The lowest BCUT2D eigenvalue weighted by Crippen LogP contribution is -2.19. The number of hydrogen-bond donors (Lipinski definition) is 1. The molecule has 30 heavy (non-hydrogen) atoms. The second-order valence-corrected chi connectivity index (χ2v) is 6.93. The van der Waals surface area contributed by atoms with Crippen LogP contribution in [0.4, 0.5) is 28.4 Å². The molecule has 3 aromatic rings. The Morgan fingerprint density at radius 2 is 1.77 bits per heavy atom. The van der Waals surface area contributed by atoms with Gasteiger partial charge in [-0.3, -0.25) is 20.2 Å². The number of rotatable bonds is 6. The third kappa shape index (κ3) is 3.21. The van der Waals surface area contributed by atoms with Gasteiger partial charge in [0.15, 0.2) is 11.3 Å². The number of hydrogen-bond acceptors (Lipinski definition) is 10. The van der Waals surface area contributed by atoms with Crippen LogP contribution in [-0.2, 0) is 0 Å². The van der Waals surface area contributed by atoms with Crippen LogP contribution in [0.1, 0.15) is 18.4 Å². The molecular weight excluding hydrogens is 396 g/mol. The Balaban J connectivity index is 1.86. The summed E-state index contributed by atoms with van der Waals surface area (Å²) in [5, 5.41) is 33.8. The van der Waals surface area contributed by atoms with Crippen LogP contribution in [0.15, 0.2) is 22.8 Å². The van der Waals surface area contributed by atoms with E-state index in [1.54, 1.807) is 13.0 Å². The Bertz CT molecular complexity index is 1150. The number of benzene rings is 2. The second kappa shape index (κ2) is 7.46. The highest BCUT2D eigenvalue weighted by Gasteiger charge is 2.30. The van der Waals surface area contributed by atoms with Gasteiger partial charge in [-0.1, -0.05) is 0 Å². The smallest absolute Gasteiger partial charge is 0.323 e. The molecule has 1 aromatic heterocycles. The third-order valence-corrected chi connectivity index (χ3v) is 5.11. The van der Waals surface area contributed by atoms with Gasteiger partial charge in [0.25, 0.3) is 0 Å². The van der Waals surface area contributed by atoms with Gasteiger partial charge >= 0.3 is 11.4 Å². The number of anilines is 3. The minimum atomic E-state index is -0.521. The zero-order chi connectivity index (χ0) is 21.4. The fourth-order valence-electron chi connectivity index (χ4n) is 3.65. The van der Waals surface area contributed by atoms with Crippen molar-refractivity contribution in [2.24, 2.45) is 0 Å². The highest BCUT2D eigenvalue weighted by atomic mass is 16.6. The number of fused-ring (bicyclic) bond motifs is 1. The van der Waals surface area contributed by atoms with Gasteiger partial charge in [0.05, 0.1) is 22.6 Å². The highest BCUT2D eigenvalue weighted by Crippen LogP contribution is 2.42. The van der Waals surface area contributed by atoms with Gasteiger partial charge < -0.3 is 15.0 Å². The molecule has 1 aliphatic rings. The molecule has 2 aromatic carbocycles. The molecule has 2 heterocycles. The van der Waals surface area contributed by atoms with E-state index in [9.17, 15) is 20.2 Å². The lowest BCUT2D eigenvalue weighted by molar-refractivity contribution is -0.385. The molecule has 0 saturated carbocycles. The van der Waals surface area contributed by atoms with Crippen LogP contribution in [0.25, 0.3) is 11.0 Å². The van der Waals surface area contributed by atoms with Gasteiger partial charge in [-0.15, -0.1) is 0 Å². The molecule has 0 unspecified atom stereocenters. The van der Waals surface area contributed by atoms with Crippen LogP contribution in [-0.4, -0.2) is 40.4 Å². The zero-order valence-electron chi connectivity index (χ0n) is 16.2.